The summed E-state index contributed by atoms with van der Waals surface area (Å²) in [7, 11) is 2.15. The number of carbonyl (C=O) groups excluding carboxylic acids is 1. The number of rotatable bonds is 7. The third kappa shape index (κ3) is 4.60. The first-order valence-corrected chi connectivity index (χ1v) is 14.2. The molecule has 0 unspecified atom stereocenters. The van der Waals surface area contributed by atoms with Gasteiger partial charge in [-0.05, 0) is 79.5 Å². The van der Waals surface area contributed by atoms with Crippen LogP contribution in [0.3, 0.4) is 0 Å². The van der Waals surface area contributed by atoms with E-state index >= 15 is 0 Å². The zero-order chi connectivity index (χ0) is 27.8. The smallest absolute Gasteiger partial charge is 0.275 e. The van der Waals surface area contributed by atoms with E-state index in [4.69, 9.17) is 15.2 Å². The Balaban J connectivity index is 1.39. The number of fused-ring (bicyclic) bond motifs is 2. The maximum absolute atomic E-state index is 12.2. The highest BCUT2D eigenvalue weighted by atomic mass is 16.5. The molecule has 7 nitrogen and oxygen atoms in total. The maximum Gasteiger partial charge on any atom is 0.275 e. The van der Waals surface area contributed by atoms with Gasteiger partial charge in [0.25, 0.3) is 5.91 Å². The second kappa shape index (κ2) is 10.7. The molecule has 0 fully saturated rings. The lowest BCUT2D eigenvalue weighted by molar-refractivity contribution is 0.0707. The fourth-order valence-electron chi connectivity index (χ4n) is 6.07. The first kappa shape index (κ1) is 26.0. The highest BCUT2D eigenvalue weighted by Crippen LogP contribution is 2.32. The number of carbonyl (C=O) groups is 1. The van der Waals surface area contributed by atoms with E-state index < -0.39 is 5.91 Å². The van der Waals surface area contributed by atoms with Crippen LogP contribution in [-0.2, 0) is 32.9 Å². The topological polar surface area (TPSA) is 85.0 Å². The normalized spacial score (nSPS) is 13.0. The minimum Gasteiger partial charge on any atom is -0.331 e. The van der Waals surface area contributed by atoms with E-state index in [1.165, 1.54) is 29.8 Å². The Morgan fingerprint density at radius 2 is 1.77 bits per heavy atom. The molecule has 1 aliphatic carbocycles. The molecule has 0 aliphatic heterocycles. The molecule has 3 aromatic carbocycles. The van der Waals surface area contributed by atoms with Gasteiger partial charge < -0.3 is 9.13 Å². The van der Waals surface area contributed by atoms with Crippen molar-refractivity contribution in [3.05, 3.63) is 94.6 Å². The summed E-state index contributed by atoms with van der Waals surface area (Å²) in [6.45, 7) is 5.04. The maximum atomic E-state index is 12.2. The molecule has 6 rings (SSSR count). The van der Waals surface area contributed by atoms with E-state index in [0.717, 1.165) is 70.6 Å². The summed E-state index contributed by atoms with van der Waals surface area (Å²) in [6.07, 6.45) is 6.54. The van der Waals surface area contributed by atoms with Crippen molar-refractivity contribution in [2.75, 3.05) is 0 Å². The van der Waals surface area contributed by atoms with Gasteiger partial charge in [-0.1, -0.05) is 49.4 Å². The standard InChI is InChI=1S/C33H35N5O2/c1-4-9-30-35-31-21(2)18-24(32-34-27-12-7-8-13-28(27)37(32)3)19-29(31)38(30)20-22-14-16-23(17-15-22)25-10-5-6-11-26(25)33(39)36-40/h5-6,10-11,14-19,40H,4,7-9,12-13,20H2,1-3H3,(H,36,39). The van der Waals surface area contributed by atoms with Crippen molar-refractivity contribution in [3.63, 3.8) is 0 Å². The Morgan fingerprint density at radius 3 is 2.52 bits per heavy atom. The molecule has 0 saturated carbocycles. The van der Waals surface area contributed by atoms with Crippen molar-refractivity contribution in [1.29, 1.82) is 0 Å². The van der Waals surface area contributed by atoms with Crippen molar-refractivity contribution >= 4 is 16.9 Å². The molecular weight excluding hydrogens is 498 g/mol. The number of hydroxylamine groups is 1. The van der Waals surface area contributed by atoms with Crippen LogP contribution in [0.1, 0.15) is 64.9 Å². The molecule has 0 spiro atoms. The number of hydrogen-bond donors (Lipinski definition) is 2. The van der Waals surface area contributed by atoms with Gasteiger partial charge >= 0.3 is 0 Å². The molecule has 2 aromatic heterocycles. The van der Waals surface area contributed by atoms with Crippen LogP contribution in [0.2, 0.25) is 0 Å². The van der Waals surface area contributed by atoms with Gasteiger partial charge in [-0.15, -0.1) is 0 Å². The van der Waals surface area contributed by atoms with E-state index in [2.05, 4.69) is 54.3 Å². The van der Waals surface area contributed by atoms with Crippen LogP contribution in [0.5, 0.6) is 0 Å². The summed E-state index contributed by atoms with van der Waals surface area (Å²) in [5.74, 6) is 1.61. The second-order valence-electron chi connectivity index (χ2n) is 10.8. The van der Waals surface area contributed by atoms with Crippen molar-refractivity contribution in [1.82, 2.24) is 24.6 Å². The minimum atomic E-state index is -0.520. The van der Waals surface area contributed by atoms with Gasteiger partial charge in [0.1, 0.15) is 11.6 Å². The lowest BCUT2D eigenvalue weighted by atomic mass is 9.98. The van der Waals surface area contributed by atoms with Gasteiger partial charge in [0.15, 0.2) is 0 Å². The van der Waals surface area contributed by atoms with Crippen LogP contribution >= 0.6 is 0 Å². The Labute approximate surface area is 234 Å². The molecule has 0 saturated heterocycles. The number of benzene rings is 3. The molecule has 2 heterocycles. The Morgan fingerprint density at radius 1 is 1.00 bits per heavy atom. The Hall–Kier alpha value is -4.23. The van der Waals surface area contributed by atoms with E-state index in [-0.39, 0.29) is 0 Å². The molecular formula is C33H35N5O2. The summed E-state index contributed by atoms with van der Waals surface area (Å²) < 4.78 is 4.64. The molecule has 40 heavy (non-hydrogen) atoms. The predicted octanol–water partition coefficient (Wildman–Crippen LogP) is 6.41. The SMILES string of the molecule is CCCc1nc2c(C)cc(-c3nc4c(n3C)CCCC4)cc2n1Cc1ccc(-c2ccccc2C(=O)NO)cc1. The van der Waals surface area contributed by atoms with Gasteiger partial charge in [-0.2, -0.15) is 0 Å². The van der Waals surface area contributed by atoms with Crippen molar-refractivity contribution in [2.24, 2.45) is 7.05 Å². The summed E-state index contributed by atoms with van der Waals surface area (Å²) in [4.78, 5) is 22.3. The zero-order valence-electron chi connectivity index (χ0n) is 23.4. The minimum absolute atomic E-state index is 0.433. The van der Waals surface area contributed by atoms with Gasteiger partial charge in [0.05, 0.1) is 16.7 Å². The van der Waals surface area contributed by atoms with Gasteiger partial charge in [-0.3, -0.25) is 10.0 Å². The lowest BCUT2D eigenvalue weighted by Crippen LogP contribution is -2.19. The van der Waals surface area contributed by atoms with Crippen LogP contribution in [0.25, 0.3) is 33.5 Å². The number of nitrogens with zero attached hydrogens (tertiary/aromatic N) is 4. The van der Waals surface area contributed by atoms with Crippen LogP contribution in [-0.4, -0.2) is 30.2 Å². The fourth-order valence-corrected chi connectivity index (χ4v) is 6.07. The number of imidazole rings is 2. The molecule has 1 amide bonds. The van der Waals surface area contributed by atoms with Crippen LogP contribution in [0.4, 0.5) is 0 Å². The van der Waals surface area contributed by atoms with E-state index in [9.17, 15) is 4.79 Å². The quantitative estimate of drug-likeness (QED) is 0.187. The summed E-state index contributed by atoms with van der Waals surface area (Å²) in [5.41, 5.74) is 12.1. The number of aryl methyl sites for hydroxylation is 3. The predicted molar refractivity (Wildman–Crippen MR) is 158 cm³/mol. The molecule has 0 atom stereocenters. The lowest BCUT2D eigenvalue weighted by Gasteiger charge is -2.13. The van der Waals surface area contributed by atoms with Crippen molar-refractivity contribution in [3.8, 4) is 22.5 Å². The molecule has 204 valence electrons. The fraction of sp³-hybridized carbons (Fsp3) is 0.303. The third-order valence-corrected chi connectivity index (χ3v) is 8.11. The monoisotopic (exact) mass is 533 g/mol. The Bertz CT molecular complexity index is 1710. The first-order chi connectivity index (χ1) is 19.5. The molecule has 5 aromatic rings. The average Bonchev–Trinajstić information content (AvgIpc) is 3.50. The average molecular weight is 534 g/mol. The summed E-state index contributed by atoms with van der Waals surface area (Å²) in [5, 5.41) is 9.16. The summed E-state index contributed by atoms with van der Waals surface area (Å²) >= 11 is 0. The van der Waals surface area contributed by atoms with Gasteiger partial charge in [0, 0.05) is 36.8 Å². The Kier molecular flexibility index (Phi) is 6.98. The highest BCUT2D eigenvalue weighted by molar-refractivity contribution is 6.00. The number of hydrogen-bond acceptors (Lipinski definition) is 4. The molecule has 0 bridgehead atoms. The number of aromatic nitrogens is 4. The molecule has 0 radical (unpaired) electrons. The number of amides is 1. The van der Waals surface area contributed by atoms with Crippen LogP contribution in [0.15, 0.2) is 60.7 Å². The van der Waals surface area contributed by atoms with E-state index in [0.29, 0.717) is 12.1 Å². The van der Waals surface area contributed by atoms with Gasteiger partial charge in [-0.25, -0.2) is 15.4 Å². The molecule has 1 aliphatic rings. The van der Waals surface area contributed by atoms with Gasteiger partial charge in [0.2, 0.25) is 0 Å². The largest absolute Gasteiger partial charge is 0.331 e. The van der Waals surface area contributed by atoms with E-state index in [1.807, 2.05) is 24.3 Å². The molecule has 7 heteroatoms. The van der Waals surface area contributed by atoms with Crippen molar-refractivity contribution in [2.45, 2.75) is 58.9 Å². The second-order valence-corrected chi connectivity index (χ2v) is 10.8. The number of nitrogens with one attached hydrogen (secondary N) is 1. The first-order valence-electron chi connectivity index (χ1n) is 14.2. The van der Waals surface area contributed by atoms with Crippen LogP contribution in [0, 0.1) is 6.92 Å². The highest BCUT2D eigenvalue weighted by Gasteiger charge is 2.21. The van der Waals surface area contributed by atoms with Crippen LogP contribution < -0.4 is 5.48 Å². The van der Waals surface area contributed by atoms with E-state index in [1.54, 1.807) is 17.6 Å². The molecule has 2 N–H and O–H groups in total. The zero-order valence-corrected chi connectivity index (χ0v) is 23.4. The van der Waals surface area contributed by atoms with Crippen molar-refractivity contribution < 1.29 is 10.0 Å². The summed E-state index contributed by atoms with van der Waals surface area (Å²) in [6, 6.07) is 20.1. The third-order valence-electron chi connectivity index (χ3n) is 8.11.